The molecular formula is C30H45BrN4O4. The molecule has 0 saturated heterocycles. The average Bonchev–Trinajstić information content (AvgIpc) is 2.87. The Balaban J connectivity index is 2.44. The van der Waals surface area contributed by atoms with Crippen molar-refractivity contribution >= 4 is 33.7 Å². The number of aliphatic hydroxyl groups excluding tert-OH is 1. The third kappa shape index (κ3) is 9.58. The van der Waals surface area contributed by atoms with Crippen LogP contribution in [0.1, 0.15) is 65.4 Å². The Bertz CT molecular complexity index is 1060. The lowest BCUT2D eigenvalue weighted by Crippen LogP contribution is -2.49. The van der Waals surface area contributed by atoms with Gasteiger partial charge in [0.2, 0.25) is 17.7 Å². The molecule has 2 rings (SSSR count). The van der Waals surface area contributed by atoms with Crippen LogP contribution in [0.5, 0.6) is 0 Å². The van der Waals surface area contributed by atoms with Gasteiger partial charge in [-0.2, -0.15) is 0 Å². The first kappa shape index (κ1) is 32.7. The van der Waals surface area contributed by atoms with Crippen molar-refractivity contribution in [2.75, 3.05) is 19.6 Å². The molecule has 8 nitrogen and oxygen atoms in total. The molecule has 0 fully saturated rings. The highest BCUT2D eigenvalue weighted by Gasteiger charge is 2.44. The Labute approximate surface area is 241 Å². The number of rotatable bonds is 15. The van der Waals surface area contributed by atoms with Crippen molar-refractivity contribution in [1.29, 1.82) is 0 Å². The minimum atomic E-state index is -1.36. The van der Waals surface area contributed by atoms with E-state index >= 15 is 0 Å². The van der Waals surface area contributed by atoms with E-state index < -0.39 is 23.5 Å². The lowest BCUT2D eigenvalue weighted by atomic mass is 9.70. The summed E-state index contributed by atoms with van der Waals surface area (Å²) >= 11 is 3.45. The molecule has 1 unspecified atom stereocenters. The molecule has 1 aliphatic rings. The zero-order valence-corrected chi connectivity index (χ0v) is 25.3. The largest absolute Gasteiger partial charge is 0.391 e. The van der Waals surface area contributed by atoms with E-state index in [1.165, 1.54) is 12.2 Å². The van der Waals surface area contributed by atoms with Crippen molar-refractivity contribution in [3.05, 3.63) is 57.6 Å². The van der Waals surface area contributed by atoms with Gasteiger partial charge in [-0.05, 0) is 68.2 Å². The van der Waals surface area contributed by atoms with Gasteiger partial charge in [0.25, 0.3) is 0 Å². The highest BCUT2D eigenvalue weighted by Crippen LogP contribution is 2.40. The quantitative estimate of drug-likeness (QED) is 0.242. The number of benzene rings is 1. The van der Waals surface area contributed by atoms with E-state index in [2.05, 4.69) is 35.1 Å². The number of carbonyl (C=O) groups is 3. The molecule has 1 aromatic carbocycles. The van der Waals surface area contributed by atoms with Gasteiger partial charge in [0.15, 0.2) is 0 Å². The molecule has 0 aliphatic heterocycles. The van der Waals surface area contributed by atoms with Crippen LogP contribution < -0.4 is 16.8 Å². The maximum absolute atomic E-state index is 13.8. The van der Waals surface area contributed by atoms with Gasteiger partial charge in [-0.15, -0.1) is 0 Å². The third-order valence-electron chi connectivity index (χ3n) is 6.99. The summed E-state index contributed by atoms with van der Waals surface area (Å²) in [6, 6.07) is 6.99. The lowest BCUT2D eigenvalue weighted by Gasteiger charge is -2.37. The minimum Gasteiger partial charge on any atom is -0.391 e. The van der Waals surface area contributed by atoms with Gasteiger partial charge in [-0.1, -0.05) is 61.8 Å². The van der Waals surface area contributed by atoms with E-state index in [1.807, 2.05) is 38.1 Å². The monoisotopic (exact) mass is 604 g/mol. The number of aliphatic hydroxyl groups is 1. The highest BCUT2D eigenvalue weighted by atomic mass is 79.9. The second-order valence-electron chi connectivity index (χ2n) is 11.0. The standard InChI is InChI=1S/C30H45BrN4O4/c1-5-12-35(13-6-2)28(38)23-16-22(27(33)37)17-30(18-23,29(39)34-11-10-20(3)4)19-26(36)25(32)15-21-8-7-9-24(31)14-21/h7-9,14,16-17,20,25-26,36H,5-6,10-13,15,18-19,32H2,1-4H3,(H2,33,37)(H,34,39)/t25-,26+,30?/m0/s1. The number of halogens is 1. The molecule has 6 N–H and O–H groups in total. The molecule has 0 bridgehead atoms. The molecule has 0 heterocycles. The molecule has 0 aromatic heterocycles. The Morgan fingerprint density at radius 1 is 1.18 bits per heavy atom. The summed E-state index contributed by atoms with van der Waals surface area (Å²) in [5, 5.41) is 14.3. The van der Waals surface area contributed by atoms with Crippen LogP contribution >= 0.6 is 15.9 Å². The maximum Gasteiger partial charge on any atom is 0.249 e. The van der Waals surface area contributed by atoms with Crippen molar-refractivity contribution in [2.45, 2.75) is 78.4 Å². The molecule has 39 heavy (non-hydrogen) atoms. The molecular weight excluding hydrogens is 560 g/mol. The van der Waals surface area contributed by atoms with Crippen molar-refractivity contribution in [1.82, 2.24) is 10.2 Å². The maximum atomic E-state index is 13.8. The summed E-state index contributed by atoms with van der Waals surface area (Å²) in [4.78, 5) is 41.6. The third-order valence-corrected chi connectivity index (χ3v) is 7.48. The van der Waals surface area contributed by atoms with Gasteiger partial charge < -0.3 is 26.8 Å². The second-order valence-corrected chi connectivity index (χ2v) is 11.9. The van der Waals surface area contributed by atoms with Crippen molar-refractivity contribution < 1.29 is 19.5 Å². The molecule has 0 saturated carbocycles. The molecule has 3 amide bonds. The fourth-order valence-electron chi connectivity index (χ4n) is 4.92. The molecule has 3 atom stereocenters. The highest BCUT2D eigenvalue weighted by molar-refractivity contribution is 9.10. The first-order valence-corrected chi connectivity index (χ1v) is 14.7. The summed E-state index contributed by atoms with van der Waals surface area (Å²) in [7, 11) is 0. The lowest BCUT2D eigenvalue weighted by molar-refractivity contribution is -0.131. The zero-order valence-electron chi connectivity index (χ0n) is 23.7. The van der Waals surface area contributed by atoms with E-state index in [1.54, 1.807) is 4.90 Å². The number of nitrogens with one attached hydrogen (secondary N) is 1. The molecule has 216 valence electrons. The molecule has 1 aliphatic carbocycles. The summed E-state index contributed by atoms with van der Waals surface area (Å²) in [6.07, 6.45) is 4.64. The molecule has 0 spiro atoms. The summed E-state index contributed by atoms with van der Waals surface area (Å²) < 4.78 is 0.904. The second kappa shape index (κ2) is 15.3. The predicted octanol–water partition coefficient (Wildman–Crippen LogP) is 3.61. The Morgan fingerprint density at radius 2 is 1.85 bits per heavy atom. The van der Waals surface area contributed by atoms with Crippen molar-refractivity contribution in [3.63, 3.8) is 0 Å². The average molecular weight is 606 g/mol. The van der Waals surface area contributed by atoms with Crippen LogP contribution in [0.4, 0.5) is 0 Å². The number of hydrogen-bond acceptors (Lipinski definition) is 5. The minimum absolute atomic E-state index is 0.0424. The van der Waals surface area contributed by atoms with Crippen LogP contribution in [-0.4, -0.2) is 59.5 Å². The van der Waals surface area contributed by atoms with Gasteiger partial charge in [0.05, 0.1) is 11.5 Å². The number of nitrogens with two attached hydrogens (primary N) is 2. The smallest absolute Gasteiger partial charge is 0.249 e. The van der Waals surface area contributed by atoms with Crippen LogP contribution in [0.2, 0.25) is 0 Å². The van der Waals surface area contributed by atoms with E-state index in [0.717, 1.165) is 29.3 Å². The number of hydrogen-bond donors (Lipinski definition) is 4. The fourth-order valence-corrected chi connectivity index (χ4v) is 5.37. The van der Waals surface area contributed by atoms with E-state index in [0.29, 0.717) is 37.5 Å². The number of amides is 3. The van der Waals surface area contributed by atoms with Crippen molar-refractivity contribution in [2.24, 2.45) is 22.8 Å². The molecule has 0 radical (unpaired) electrons. The van der Waals surface area contributed by atoms with Crippen molar-refractivity contribution in [3.8, 4) is 0 Å². The van der Waals surface area contributed by atoms with Crippen LogP contribution in [0.25, 0.3) is 0 Å². The van der Waals surface area contributed by atoms with Gasteiger partial charge >= 0.3 is 0 Å². The molecule has 1 aromatic rings. The predicted molar refractivity (Wildman–Crippen MR) is 158 cm³/mol. The van der Waals surface area contributed by atoms with E-state index in [4.69, 9.17) is 11.5 Å². The summed E-state index contributed by atoms with van der Waals surface area (Å²) in [5.74, 6) is -0.934. The fraction of sp³-hybridized carbons (Fsp3) is 0.567. The SMILES string of the molecule is CCCN(CCC)C(=O)C1=CC(C(N)=O)=CC(C[C@@H](O)[C@@H](N)Cc2cccc(Br)c2)(C(=O)NCCC(C)C)C1. The van der Waals surface area contributed by atoms with Crippen LogP contribution in [0.15, 0.2) is 52.0 Å². The van der Waals surface area contributed by atoms with Crippen LogP contribution in [0.3, 0.4) is 0 Å². The normalized spacial score (nSPS) is 18.7. The molecule has 9 heteroatoms. The van der Waals surface area contributed by atoms with E-state index in [9.17, 15) is 19.5 Å². The summed E-state index contributed by atoms with van der Waals surface area (Å²) in [5.41, 5.74) is 12.1. The number of carbonyl (C=O) groups excluding carboxylic acids is 3. The van der Waals surface area contributed by atoms with Gasteiger partial charge in [0.1, 0.15) is 0 Å². The topological polar surface area (TPSA) is 139 Å². The Hall–Kier alpha value is -2.49. The van der Waals surface area contributed by atoms with Gasteiger partial charge in [-0.3, -0.25) is 14.4 Å². The first-order valence-electron chi connectivity index (χ1n) is 13.9. The van der Waals surface area contributed by atoms with Gasteiger partial charge in [-0.25, -0.2) is 0 Å². The Morgan fingerprint density at radius 3 is 2.41 bits per heavy atom. The first-order chi connectivity index (χ1) is 18.4. The van der Waals surface area contributed by atoms with Crippen LogP contribution in [-0.2, 0) is 20.8 Å². The van der Waals surface area contributed by atoms with Gasteiger partial charge in [0, 0.05) is 41.3 Å². The summed E-state index contributed by atoms with van der Waals surface area (Å²) in [6.45, 7) is 9.68. The van der Waals surface area contributed by atoms with Crippen LogP contribution in [0, 0.1) is 11.3 Å². The Kier molecular flexibility index (Phi) is 12.9. The van der Waals surface area contributed by atoms with E-state index in [-0.39, 0.29) is 30.2 Å². The number of primary amides is 1. The number of nitrogens with zero attached hydrogens (tertiary/aromatic N) is 1. The zero-order chi connectivity index (χ0) is 29.2.